The van der Waals surface area contributed by atoms with E-state index in [0.29, 0.717) is 17.1 Å². The van der Waals surface area contributed by atoms with Crippen LogP contribution in [0.4, 0.5) is 0 Å². The number of thiazole rings is 1. The van der Waals surface area contributed by atoms with Gasteiger partial charge in [-0.05, 0) is 6.42 Å². The molecule has 1 N–H and O–H groups in total. The minimum Gasteiger partial charge on any atom is -0.451 e. The maximum Gasteiger partial charge on any atom is 0.351 e. The number of rotatable bonds is 7. The van der Waals surface area contributed by atoms with Crippen LogP contribution in [0.5, 0.6) is 0 Å². The Bertz CT molecular complexity index is 908. The molecular formula is C21H20N2O3S. The van der Waals surface area contributed by atoms with Gasteiger partial charge in [0.2, 0.25) is 0 Å². The molecule has 0 aliphatic carbocycles. The van der Waals surface area contributed by atoms with Crippen molar-refractivity contribution in [3.63, 3.8) is 0 Å². The fourth-order valence-corrected chi connectivity index (χ4v) is 3.45. The molecular weight excluding hydrogens is 360 g/mol. The van der Waals surface area contributed by atoms with Crippen LogP contribution in [0, 0.1) is 0 Å². The summed E-state index contributed by atoms with van der Waals surface area (Å²) in [6.45, 7) is 2.22. The van der Waals surface area contributed by atoms with E-state index in [1.54, 1.807) is 0 Å². The van der Waals surface area contributed by atoms with Crippen molar-refractivity contribution >= 4 is 23.2 Å². The zero-order chi connectivity index (χ0) is 19.1. The molecule has 0 bridgehead atoms. The molecule has 0 aliphatic rings. The summed E-state index contributed by atoms with van der Waals surface area (Å²) in [5, 5.41) is 3.42. The number of benzene rings is 2. The van der Waals surface area contributed by atoms with E-state index in [0.717, 1.165) is 22.6 Å². The van der Waals surface area contributed by atoms with Gasteiger partial charge in [0.25, 0.3) is 5.91 Å². The number of aromatic nitrogens is 1. The number of hydrogen-bond donors (Lipinski definition) is 1. The predicted octanol–water partition coefficient (Wildman–Crippen LogP) is 4.16. The lowest BCUT2D eigenvalue weighted by Gasteiger charge is -2.05. The number of amides is 1. The van der Waals surface area contributed by atoms with Crippen LogP contribution >= 0.6 is 11.3 Å². The Morgan fingerprint density at radius 1 is 1.00 bits per heavy atom. The van der Waals surface area contributed by atoms with Crippen molar-refractivity contribution in [2.24, 2.45) is 0 Å². The Hall–Kier alpha value is -2.99. The Labute approximate surface area is 162 Å². The van der Waals surface area contributed by atoms with Gasteiger partial charge in [0.1, 0.15) is 9.88 Å². The molecule has 1 amide bonds. The summed E-state index contributed by atoms with van der Waals surface area (Å²) in [6.07, 6.45) is 0.827. The molecule has 0 fully saturated rings. The topological polar surface area (TPSA) is 68.3 Å². The average molecular weight is 380 g/mol. The van der Waals surface area contributed by atoms with Gasteiger partial charge in [0.15, 0.2) is 6.61 Å². The van der Waals surface area contributed by atoms with E-state index in [-0.39, 0.29) is 12.5 Å². The molecule has 0 unspecified atom stereocenters. The van der Waals surface area contributed by atoms with E-state index in [1.165, 1.54) is 11.3 Å². The molecule has 0 spiro atoms. The number of esters is 1. The van der Waals surface area contributed by atoms with E-state index < -0.39 is 5.97 Å². The van der Waals surface area contributed by atoms with Crippen LogP contribution < -0.4 is 5.32 Å². The lowest BCUT2D eigenvalue weighted by molar-refractivity contribution is -0.124. The second-order valence-corrected chi connectivity index (χ2v) is 6.85. The second-order valence-electron chi connectivity index (χ2n) is 5.85. The quantitative estimate of drug-likeness (QED) is 0.625. The standard InChI is InChI=1S/C21H20N2O3S/c1-2-13-22-17(24)14-26-21(25)19-18(15-9-5-3-6-10-15)23-20(27-19)16-11-7-4-8-12-16/h3-12H,2,13-14H2,1H3,(H,22,24). The summed E-state index contributed by atoms with van der Waals surface area (Å²) < 4.78 is 5.22. The molecule has 1 aromatic heterocycles. The lowest BCUT2D eigenvalue weighted by Crippen LogP contribution is -2.29. The molecule has 6 heteroatoms. The minimum absolute atomic E-state index is 0.300. The Morgan fingerprint density at radius 2 is 1.63 bits per heavy atom. The van der Waals surface area contributed by atoms with Gasteiger partial charge in [0.05, 0.1) is 5.69 Å². The van der Waals surface area contributed by atoms with E-state index in [1.807, 2.05) is 67.6 Å². The Balaban J connectivity index is 1.87. The number of nitrogens with one attached hydrogen (secondary N) is 1. The summed E-state index contributed by atoms with van der Waals surface area (Å²) in [5.41, 5.74) is 2.33. The third kappa shape index (κ3) is 4.80. The third-order valence-corrected chi connectivity index (χ3v) is 4.87. The predicted molar refractivity (Wildman–Crippen MR) is 107 cm³/mol. The van der Waals surface area contributed by atoms with Gasteiger partial charge < -0.3 is 10.1 Å². The van der Waals surface area contributed by atoms with Crippen LogP contribution in [0.1, 0.15) is 23.0 Å². The molecule has 0 aliphatic heterocycles. The SMILES string of the molecule is CCCNC(=O)COC(=O)c1sc(-c2ccccc2)nc1-c1ccccc1. The lowest BCUT2D eigenvalue weighted by atomic mass is 10.1. The van der Waals surface area contributed by atoms with Gasteiger partial charge in [-0.25, -0.2) is 9.78 Å². The molecule has 0 saturated heterocycles. The Kier molecular flexibility index (Phi) is 6.33. The molecule has 0 atom stereocenters. The van der Waals surface area contributed by atoms with Gasteiger partial charge in [-0.2, -0.15) is 0 Å². The molecule has 2 aromatic carbocycles. The smallest absolute Gasteiger partial charge is 0.351 e. The van der Waals surface area contributed by atoms with Crippen molar-refractivity contribution in [2.75, 3.05) is 13.2 Å². The molecule has 1 heterocycles. The zero-order valence-corrected chi connectivity index (χ0v) is 15.8. The van der Waals surface area contributed by atoms with Gasteiger partial charge in [-0.3, -0.25) is 4.79 Å². The van der Waals surface area contributed by atoms with E-state index in [4.69, 9.17) is 4.74 Å². The maximum absolute atomic E-state index is 12.6. The summed E-state index contributed by atoms with van der Waals surface area (Å²) in [6, 6.07) is 19.2. The maximum atomic E-state index is 12.6. The fraction of sp³-hybridized carbons (Fsp3) is 0.190. The van der Waals surface area contributed by atoms with Gasteiger partial charge >= 0.3 is 5.97 Å². The highest BCUT2D eigenvalue weighted by molar-refractivity contribution is 7.17. The first-order valence-corrected chi connectivity index (χ1v) is 9.56. The van der Waals surface area contributed by atoms with Gasteiger partial charge in [-0.1, -0.05) is 67.6 Å². The molecule has 3 rings (SSSR count). The number of ether oxygens (including phenoxy) is 1. The summed E-state index contributed by atoms with van der Waals surface area (Å²) in [4.78, 5) is 29.4. The number of hydrogen-bond acceptors (Lipinski definition) is 5. The number of carbonyl (C=O) groups excluding carboxylic acids is 2. The molecule has 5 nitrogen and oxygen atoms in total. The zero-order valence-electron chi connectivity index (χ0n) is 15.0. The van der Waals surface area contributed by atoms with Gasteiger partial charge in [-0.15, -0.1) is 11.3 Å². The minimum atomic E-state index is -0.541. The van der Waals surface area contributed by atoms with Crippen LogP contribution in [0.3, 0.4) is 0 Å². The summed E-state index contributed by atoms with van der Waals surface area (Å²) >= 11 is 1.27. The van der Waals surface area contributed by atoms with Crippen LogP contribution in [0.2, 0.25) is 0 Å². The van der Waals surface area contributed by atoms with Crippen molar-refractivity contribution < 1.29 is 14.3 Å². The Morgan fingerprint density at radius 3 is 2.26 bits per heavy atom. The number of nitrogens with zero attached hydrogens (tertiary/aromatic N) is 1. The largest absolute Gasteiger partial charge is 0.451 e. The monoisotopic (exact) mass is 380 g/mol. The first-order valence-electron chi connectivity index (χ1n) is 8.74. The first kappa shape index (κ1) is 18.8. The normalized spacial score (nSPS) is 10.4. The summed E-state index contributed by atoms with van der Waals surface area (Å²) in [5.74, 6) is -0.848. The van der Waals surface area contributed by atoms with Crippen molar-refractivity contribution in [1.82, 2.24) is 10.3 Å². The highest BCUT2D eigenvalue weighted by Gasteiger charge is 2.22. The second kappa shape index (κ2) is 9.09. The van der Waals surface area contributed by atoms with Crippen LogP contribution in [0.15, 0.2) is 60.7 Å². The molecule has 3 aromatic rings. The van der Waals surface area contributed by atoms with Crippen LogP contribution in [-0.2, 0) is 9.53 Å². The van der Waals surface area contributed by atoms with Crippen LogP contribution in [-0.4, -0.2) is 30.0 Å². The van der Waals surface area contributed by atoms with E-state index >= 15 is 0 Å². The van der Waals surface area contributed by atoms with Gasteiger partial charge in [0, 0.05) is 17.7 Å². The first-order chi connectivity index (χ1) is 13.2. The third-order valence-electron chi connectivity index (χ3n) is 3.79. The molecule has 27 heavy (non-hydrogen) atoms. The van der Waals surface area contributed by atoms with Crippen molar-refractivity contribution in [2.45, 2.75) is 13.3 Å². The van der Waals surface area contributed by atoms with Crippen molar-refractivity contribution in [3.05, 3.63) is 65.5 Å². The number of carbonyl (C=O) groups is 2. The molecule has 0 radical (unpaired) electrons. The van der Waals surface area contributed by atoms with Crippen molar-refractivity contribution in [1.29, 1.82) is 0 Å². The molecule has 138 valence electrons. The van der Waals surface area contributed by atoms with E-state index in [2.05, 4.69) is 10.3 Å². The van der Waals surface area contributed by atoms with E-state index in [9.17, 15) is 9.59 Å². The average Bonchev–Trinajstić information content (AvgIpc) is 3.17. The molecule has 0 saturated carbocycles. The fourth-order valence-electron chi connectivity index (χ4n) is 2.47. The summed E-state index contributed by atoms with van der Waals surface area (Å²) in [7, 11) is 0. The van der Waals surface area contributed by atoms with Crippen molar-refractivity contribution in [3.8, 4) is 21.8 Å². The highest BCUT2D eigenvalue weighted by Crippen LogP contribution is 2.34. The highest BCUT2D eigenvalue weighted by atomic mass is 32.1. The van der Waals surface area contributed by atoms with Crippen LogP contribution in [0.25, 0.3) is 21.8 Å².